The SMILES string of the molecule is CCCCCC(O)C1=CCCCC1COC1CCCC2=C1N=CCC2. The molecule has 0 amide bonds. The van der Waals surface area contributed by atoms with E-state index in [9.17, 15) is 5.11 Å². The first-order valence-corrected chi connectivity index (χ1v) is 10.5. The third-order valence-electron chi connectivity index (χ3n) is 5.99. The summed E-state index contributed by atoms with van der Waals surface area (Å²) in [6.45, 7) is 2.96. The van der Waals surface area contributed by atoms with Gasteiger partial charge in [-0.25, -0.2) is 0 Å². The number of ether oxygens (including phenoxy) is 1. The van der Waals surface area contributed by atoms with Crippen molar-refractivity contribution in [3.05, 3.63) is 22.9 Å². The van der Waals surface area contributed by atoms with E-state index in [-0.39, 0.29) is 12.2 Å². The highest BCUT2D eigenvalue weighted by molar-refractivity contribution is 5.62. The van der Waals surface area contributed by atoms with Crippen LogP contribution in [-0.4, -0.2) is 30.1 Å². The van der Waals surface area contributed by atoms with Crippen molar-refractivity contribution in [1.29, 1.82) is 0 Å². The van der Waals surface area contributed by atoms with Crippen LogP contribution in [0.5, 0.6) is 0 Å². The second-order valence-corrected chi connectivity index (χ2v) is 7.90. The van der Waals surface area contributed by atoms with Gasteiger partial charge in [-0.05, 0) is 68.9 Å². The topological polar surface area (TPSA) is 41.8 Å². The molecule has 25 heavy (non-hydrogen) atoms. The van der Waals surface area contributed by atoms with Gasteiger partial charge in [0.05, 0.1) is 24.5 Å². The summed E-state index contributed by atoms with van der Waals surface area (Å²) < 4.78 is 6.37. The average Bonchev–Trinajstić information content (AvgIpc) is 2.66. The van der Waals surface area contributed by atoms with Gasteiger partial charge in [-0.3, -0.25) is 4.99 Å². The second-order valence-electron chi connectivity index (χ2n) is 7.90. The van der Waals surface area contributed by atoms with E-state index in [1.165, 1.54) is 55.4 Å². The molecule has 1 N–H and O–H groups in total. The summed E-state index contributed by atoms with van der Waals surface area (Å²) in [5.74, 6) is 0.393. The molecule has 3 heteroatoms. The molecule has 140 valence electrons. The molecule has 3 unspecified atom stereocenters. The molecule has 0 spiro atoms. The fourth-order valence-electron chi connectivity index (χ4n) is 4.53. The summed E-state index contributed by atoms with van der Waals surface area (Å²) in [6, 6.07) is 0. The number of allylic oxidation sites excluding steroid dienone is 2. The first kappa shape index (κ1) is 18.8. The van der Waals surface area contributed by atoms with Crippen LogP contribution in [-0.2, 0) is 4.74 Å². The van der Waals surface area contributed by atoms with Crippen molar-refractivity contribution in [3.8, 4) is 0 Å². The molecule has 0 bridgehead atoms. The van der Waals surface area contributed by atoms with Crippen molar-refractivity contribution in [2.24, 2.45) is 10.9 Å². The molecule has 2 aliphatic carbocycles. The monoisotopic (exact) mass is 345 g/mol. The highest BCUT2D eigenvalue weighted by Crippen LogP contribution is 2.35. The number of hydrogen-bond donors (Lipinski definition) is 1. The van der Waals surface area contributed by atoms with Gasteiger partial charge in [0.1, 0.15) is 0 Å². The lowest BCUT2D eigenvalue weighted by atomic mass is 9.83. The average molecular weight is 346 g/mol. The second kappa shape index (κ2) is 9.68. The van der Waals surface area contributed by atoms with Crippen molar-refractivity contribution in [3.63, 3.8) is 0 Å². The van der Waals surface area contributed by atoms with Gasteiger partial charge in [-0.2, -0.15) is 0 Å². The lowest BCUT2D eigenvalue weighted by molar-refractivity contribution is 0.0368. The Balaban J connectivity index is 1.56. The molecule has 1 heterocycles. The molecule has 3 nitrogen and oxygen atoms in total. The number of nitrogens with zero attached hydrogens (tertiary/aromatic N) is 1. The molecular weight excluding hydrogens is 310 g/mol. The Bertz CT molecular complexity index is 520. The van der Waals surface area contributed by atoms with Crippen molar-refractivity contribution >= 4 is 6.21 Å². The Morgan fingerprint density at radius 2 is 2.12 bits per heavy atom. The zero-order chi connectivity index (χ0) is 17.5. The number of hydrogen-bond acceptors (Lipinski definition) is 3. The Morgan fingerprint density at radius 3 is 3.00 bits per heavy atom. The highest BCUT2D eigenvalue weighted by atomic mass is 16.5. The highest BCUT2D eigenvalue weighted by Gasteiger charge is 2.28. The van der Waals surface area contributed by atoms with E-state index in [2.05, 4.69) is 24.2 Å². The van der Waals surface area contributed by atoms with Crippen LogP contribution >= 0.6 is 0 Å². The quantitative estimate of drug-likeness (QED) is 0.476. The van der Waals surface area contributed by atoms with Crippen LogP contribution in [0.3, 0.4) is 0 Å². The molecule has 3 rings (SSSR count). The molecule has 3 atom stereocenters. The number of aliphatic imine (C=N–C) groups is 1. The van der Waals surface area contributed by atoms with Crippen molar-refractivity contribution in [1.82, 2.24) is 0 Å². The molecule has 0 radical (unpaired) electrons. The van der Waals surface area contributed by atoms with E-state index in [0.717, 1.165) is 45.1 Å². The molecular formula is C22H35NO2. The van der Waals surface area contributed by atoms with Crippen LogP contribution in [0.4, 0.5) is 0 Å². The van der Waals surface area contributed by atoms with Crippen molar-refractivity contribution in [2.45, 2.75) is 96.2 Å². The van der Waals surface area contributed by atoms with Crippen molar-refractivity contribution in [2.75, 3.05) is 6.61 Å². The van der Waals surface area contributed by atoms with Crippen molar-refractivity contribution < 1.29 is 9.84 Å². The van der Waals surface area contributed by atoms with Crippen LogP contribution in [0.15, 0.2) is 27.9 Å². The minimum Gasteiger partial charge on any atom is -0.389 e. The van der Waals surface area contributed by atoms with Gasteiger partial charge in [0, 0.05) is 12.1 Å². The number of rotatable bonds is 8. The molecule has 0 aromatic rings. The maximum absolute atomic E-state index is 10.6. The van der Waals surface area contributed by atoms with Crippen LogP contribution in [0, 0.1) is 5.92 Å². The number of aliphatic hydroxyl groups is 1. The van der Waals surface area contributed by atoms with Gasteiger partial charge in [0.2, 0.25) is 0 Å². The van der Waals surface area contributed by atoms with Gasteiger partial charge in [-0.1, -0.05) is 32.3 Å². The Hall–Kier alpha value is -0.930. The third-order valence-corrected chi connectivity index (χ3v) is 5.99. The molecule has 3 aliphatic rings. The lowest BCUT2D eigenvalue weighted by Gasteiger charge is -2.32. The number of aliphatic hydroxyl groups excluding tert-OH is 1. The van der Waals surface area contributed by atoms with Gasteiger partial charge in [-0.15, -0.1) is 0 Å². The molecule has 0 saturated carbocycles. The summed E-state index contributed by atoms with van der Waals surface area (Å²) in [5, 5.41) is 10.6. The van der Waals surface area contributed by atoms with Crippen LogP contribution < -0.4 is 0 Å². The van der Waals surface area contributed by atoms with E-state index < -0.39 is 0 Å². The van der Waals surface area contributed by atoms with Gasteiger partial charge >= 0.3 is 0 Å². The van der Waals surface area contributed by atoms with Gasteiger partial charge in [0.15, 0.2) is 0 Å². The Morgan fingerprint density at radius 1 is 1.20 bits per heavy atom. The van der Waals surface area contributed by atoms with Crippen LogP contribution in [0.25, 0.3) is 0 Å². The Kier molecular flexibility index (Phi) is 7.30. The smallest absolute Gasteiger partial charge is 0.0994 e. The Labute approximate surface area is 153 Å². The fraction of sp³-hybridized carbons (Fsp3) is 0.773. The minimum atomic E-state index is -0.269. The van der Waals surface area contributed by atoms with E-state index in [4.69, 9.17) is 4.74 Å². The fourth-order valence-corrected chi connectivity index (χ4v) is 4.53. The molecule has 0 saturated heterocycles. The normalized spacial score (nSPS) is 27.8. The predicted octanol–water partition coefficient (Wildman–Crippen LogP) is 5.34. The molecule has 0 aromatic carbocycles. The summed E-state index contributed by atoms with van der Waals surface area (Å²) in [4.78, 5) is 4.67. The molecule has 0 aromatic heterocycles. The zero-order valence-electron chi connectivity index (χ0n) is 15.9. The van der Waals surface area contributed by atoms with Crippen LogP contribution in [0.2, 0.25) is 0 Å². The first-order valence-electron chi connectivity index (χ1n) is 10.5. The summed E-state index contributed by atoms with van der Waals surface area (Å²) in [6.07, 6.45) is 18.0. The molecule has 0 fully saturated rings. The van der Waals surface area contributed by atoms with E-state index >= 15 is 0 Å². The standard InChI is InChI=1S/C22H35NO2/c1-2-3-4-13-20(24)19-12-6-5-9-18(19)16-25-21-14-7-10-17-11-8-15-23-22(17)21/h12,15,18,20-21,24H,2-11,13-14,16H2,1H3. The lowest BCUT2D eigenvalue weighted by Crippen LogP contribution is -2.29. The third kappa shape index (κ3) is 5.04. The summed E-state index contributed by atoms with van der Waals surface area (Å²) in [7, 11) is 0. The number of unbranched alkanes of at least 4 members (excludes halogenated alkanes) is 2. The van der Waals surface area contributed by atoms with E-state index in [1.54, 1.807) is 0 Å². The predicted molar refractivity (Wildman–Crippen MR) is 104 cm³/mol. The van der Waals surface area contributed by atoms with Gasteiger partial charge < -0.3 is 9.84 Å². The molecule has 1 aliphatic heterocycles. The minimum absolute atomic E-state index is 0.181. The largest absolute Gasteiger partial charge is 0.389 e. The maximum Gasteiger partial charge on any atom is 0.0994 e. The van der Waals surface area contributed by atoms with Crippen LogP contribution in [0.1, 0.15) is 84.0 Å². The summed E-state index contributed by atoms with van der Waals surface area (Å²) in [5.41, 5.74) is 4.00. The zero-order valence-corrected chi connectivity index (χ0v) is 15.9. The maximum atomic E-state index is 10.6. The summed E-state index contributed by atoms with van der Waals surface area (Å²) >= 11 is 0. The first-order chi connectivity index (χ1) is 12.3. The van der Waals surface area contributed by atoms with Gasteiger partial charge in [0.25, 0.3) is 0 Å². The van der Waals surface area contributed by atoms with E-state index in [0.29, 0.717) is 5.92 Å². The van der Waals surface area contributed by atoms with E-state index in [1.807, 2.05) is 0 Å².